The summed E-state index contributed by atoms with van der Waals surface area (Å²) in [6.45, 7) is 4.60. The number of carbonyl (C=O) groups excluding carboxylic acids is 1. The molecule has 0 saturated carbocycles. The molecule has 0 spiro atoms. The van der Waals surface area contributed by atoms with Crippen LogP contribution in [0.15, 0.2) is 18.5 Å². The molecule has 0 aliphatic carbocycles. The van der Waals surface area contributed by atoms with E-state index in [0.717, 1.165) is 42.0 Å². The second-order valence-electron chi connectivity index (χ2n) is 6.00. The van der Waals surface area contributed by atoms with Gasteiger partial charge in [0, 0.05) is 24.3 Å². The number of aryl methyl sites for hydroxylation is 3. The normalized spacial score (nSPS) is 17.6. The van der Waals surface area contributed by atoms with Gasteiger partial charge < -0.3 is 14.8 Å². The molecule has 3 rings (SSSR count). The van der Waals surface area contributed by atoms with E-state index in [-0.39, 0.29) is 12.1 Å². The molecule has 2 aromatic rings. The third-order valence-corrected chi connectivity index (χ3v) is 4.51. The van der Waals surface area contributed by atoms with Gasteiger partial charge >= 0.3 is 6.03 Å². The number of benzene rings is 1. The van der Waals surface area contributed by atoms with Crippen molar-refractivity contribution in [2.75, 3.05) is 11.9 Å². The van der Waals surface area contributed by atoms with Gasteiger partial charge in [-0.3, -0.25) is 0 Å². The van der Waals surface area contributed by atoms with Gasteiger partial charge in [0.05, 0.1) is 6.04 Å². The average Bonchev–Trinajstić information content (AvgIpc) is 3.10. The van der Waals surface area contributed by atoms with Crippen molar-refractivity contribution in [1.29, 1.82) is 0 Å². The summed E-state index contributed by atoms with van der Waals surface area (Å²) in [6.07, 6.45) is 3.53. The highest BCUT2D eigenvalue weighted by molar-refractivity contribution is 6.30. The first kappa shape index (κ1) is 15.8. The Balaban J connectivity index is 1.82. The van der Waals surface area contributed by atoms with Gasteiger partial charge in [0.2, 0.25) is 0 Å². The van der Waals surface area contributed by atoms with Gasteiger partial charge in [-0.05, 0) is 49.9 Å². The molecule has 1 aromatic heterocycles. The van der Waals surface area contributed by atoms with E-state index in [9.17, 15) is 4.79 Å². The summed E-state index contributed by atoms with van der Waals surface area (Å²) < 4.78 is 1.87. The largest absolute Gasteiger partial charge is 0.322 e. The van der Waals surface area contributed by atoms with E-state index in [1.54, 1.807) is 6.33 Å². The van der Waals surface area contributed by atoms with Gasteiger partial charge in [-0.25, -0.2) is 4.79 Å². The molecule has 1 aliphatic heterocycles. The molecule has 1 atom stereocenters. The van der Waals surface area contributed by atoms with E-state index >= 15 is 0 Å². The molecule has 6 nitrogen and oxygen atoms in total. The highest BCUT2D eigenvalue weighted by Crippen LogP contribution is 2.32. The van der Waals surface area contributed by atoms with E-state index in [4.69, 9.17) is 11.6 Å². The summed E-state index contributed by atoms with van der Waals surface area (Å²) in [5.74, 6) is 0.821. The Morgan fingerprint density at radius 2 is 2.04 bits per heavy atom. The molecule has 0 bridgehead atoms. The van der Waals surface area contributed by atoms with Crippen LogP contribution in [0.25, 0.3) is 0 Å². The lowest BCUT2D eigenvalue weighted by molar-refractivity contribution is 0.204. The number of carbonyl (C=O) groups is 1. The predicted octanol–water partition coefficient (Wildman–Crippen LogP) is 3.45. The van der Waals surface area contributed by atoms with Crippen molar-refractivity contribution in [2.24, 2.45) is 7.05 Å². The standard InChI is InChI=1S/C16H20ClN5O/c1-10-7-12(17)8-11(2)14(10)19-16(23)22-6-4-5-13(22)15-20-18-9-21(15)3/h7-9,13H,4-6H2,1-3H3,(H,19,23)/t13-/m0/s1. The molecule has 1 aromatic carbocycles. The van der Waals surface area contributed by atoms with Crippen LogP contribution in [0.3, 0.4) is 0 Å². The first-order chi connectivity index (χ1) is 11.0. The van der Waals surface area contributed by atoms with Crippen LogP contribution < -0.4 is 5.32 Å². The third-order valence-electron chi connectivity index (χ3n) is 4.29. The summed E-state index contributed by atoms with van der Waals surface area (Å²) in [7, 11) is 1.90. The summed E-state index contributed by atoms with van der Waals surface area (Å²) in [6, 6.07) is 3.57. The molecule has 0 radical (unpaired) electrons. The van der Waals surface area contributed by atoms with Crippen LogP contribution in [-0.2, 0) is 7.05 Å². The van der Waals surface area contributed by atoms with Gasteiger partial charge in [-0.15, -0.1) is 10.2 Å². The molecule has 1 saturated heterocycles. The summed E-state index contributed by atoms with van der Waals surface area (Å²) in [5, 5.41) is 11.8. The lowest BCUT2D eigenvalue weighted by atomic mass is 10.1. The van der Waals surface area contributed by atoms with Crippen LogP contribution in [0.5, 0.6) is 0 Å². The van der Waals surface area contributed by atoms with Crippen molar-refractivity contribution < 1.29 is 4.79 Å². The maximum atomic E-state index is 12.7. The van der Waals surface area contributed by atoms with Gasteiger partial charge in [-0.2, -0.15) is 0 Å². The highest BCUT2D eigenvalue weighted by atomic mass is 35.5. The lowest BCUT2D eigenvalue weighted by Crippen LogP contribution is -2.35. The lowest BCUT2D eigenvalue weighted by Gasteiger charge is -2.25. The molecule has 2 heterocycles. The molecule has 0 unspecified atom stereocenters. The van der Waals surface area contributed by atoms with Gasteiger partial charge in [0.1, 0.15) is 6.33 Å². The number of nitrogens with zero attached hydrogens (tertiary/aromatic N) is 4. The molecule has 7 heteroatoms. The number of hydrogen-bond donors (Lipinski definition) is 1. The number of anilines is 1. The monoisotopic (exact) mass is 333 g/mol. The zero-order chi connectivity index (χ0) is 16.6. The Hall–Kier alpha value is -2.08. The Labute approximate surface area is 140 Å². The summed E-state index contributed by atoms with van der Waals surface area (Å²) in [4.78, 5) is 14.6. The number of hydrogen-bond acceptors (Lipinski definition) is 3. The van der Waals surface area contributed by atoms with E-state index in [1.165, 1.54) is 0 Å². The number of halogens is 1. The number of rotatable bonds is 2. The number of likely N-dealkylation sites (tertiary alicyclic amines) is 1. The Morgan fingerprint density at radius 3 is 2.65 bits per heavy atom. The number of nitrogens with one attached hydrogen (secondary N) is 1. The van der Waals surface area contributed by atoms with E-state index < -0.39 is 0 Å². The molecular weight excluding hydrogens is 314 g/mol. The van der Waals surface area contributed by atoms with Crippen molar-refractivity contribution in [2.45, 2.75) is 32.7 Å². The minimum atomic E-state index is -0.107. The van der Waals surface area contributed by atoms with Crippen molar-refractivity contribution in [3.8, 4) is 0 Å². The minimum Gasteiger partial charge on any atom is -0.319 e. The Bertz CT molecular complexity index is 719. The zero-order valence-electron chi connectivity index (χ0n) is 13.5. The van der Waals surface area contributed by atoms with Crippen LogP contribution >= 0.6 is 11.6 Å². The van der Waals surface area contributed by atoms with Gasteiger partial charge in [0.25, 0.3) is 0 Å². The molecule has 2 amide bonds. The number of aromatic nitrogens is 3. The Kier molecular flexibility index (Phi) is 4.26. The van der Waals surface area contributed by atoms with E-state index in [2.05, 4.69) is 15.5 Å². The highest BCUT2D eigenvalue weighted by Gasteiger charge is 2.33. The van der Waals surface area contributed by atoms with Gasteiger partial charge in [-0.1, -0.05) is 11.6 Å². The average molecular weight is 334 g/mol. The second kappa shape index (κ2) is 6.20. The topological polar surface area (TPSA) is 63.1 Å². The first-order valence-electron chi connectivity index (χ1n) is 7.65. The van der Waals surface area contributed by atoms with Crippen LogP contribution in [0.1, 0.15) is 35.8 Å². The van der Waals surface area contributed by atoms with Gasteiger partial charge in [0.15, 0.2) is 5.82 Å². The Morgan fingerprint density at radius 1 is 1.35 bits per heavy atom. The molecular formula is C16H20ClN5O. The summed E-state index contributed by atoms with van der Waals surface area (Å²) in [5.41, 5.74) is 2.73. The van der Waals surface area contributed by atoms with E-state index in [1.807, 2.05) is 42.5 Å². The minimum absolute atomic E-state index is 0.0320. The maximum Gasteiger partial charge on any atom is 0.322 e. The second-order valence-corrected chi connectivity index (χ2v) is 6.43. The number of urea groups is 1. The van der Waals surface area contributed by atoms with Crippen molar-refractivity contribution in [3.05, 3.63) is 40.4 Å². The van der Waals surface area contributed by atoms with Crippen molar-refractivity contribution in [3.63, 3.8) is 0 Å². The van der Waals surface area contributed by atoms with Crippen molar-refractivity contribution >= 4 is 23.3 Å². The van der Waals surface area contributed by atoms with Crippen molar-refractivity contribution in [1.82, 2.24) is 19.7 Å². The molecule has 1 N–H and O–H groups in total. The van der Waals surface area contributed by atoms with E-state index in [0.29, 0.717) is 5.02 Å². The molecule has 122 valence electrons. The number of amides is 2. The third kappa shape index (κ3) is 3.03. The molecule has 23 heavy (non-hydrogen) atoms. The predicted molar refractivity (Wildman–Crippen MR) is 89.6 cm³/mol. The van der Waals surface area contributed by atoms with Crippen LogP contribution in [0, 0.1) is 13.8 Å². The quantitative estimate of drug-likeness (QED) is 0.915. The smallest absolute Gasteiger partial charge is 0.319 e. The fourth-order valence-electron chi connectivity index (χ4n) is 3.16. The van der Waals surface area contributed by atoms with Crippen LogP contribution in [-0.4, -0.2) is 32.2 Å². The molecule has 1 fully saturated rings. The maximum absolute atomic E-state index is 12.7. The molecule has 1 aliphatic rings. The van der Waals surface area contributed by atoms with Crippen LogP contribution in [0.4, 0.5) is 10.5 Å². The van der Waals surface area contributed by atoms with Crippen LogP contribution in [0.2, 0.25) is 5.02 Å². The zero-order valence-corrected chi connectivity index (χ0v) is 14.3. The first-order valence-corrected chi connectivity index (χ1v) is 8.03. The summed E-state index contributed by atoms with van der Waals surface area (Å²) >= 11 is 6.05. The SMILES string of the molecule is Cc1cc(Cl)cc(C)c1NC(=O)N1CCC[C@H]1c1nncn1C. The fraction of sp³-hybridized carbons (Fsp3) is 0.438. The fourth-order valence-corrected chi connectivity index (χ4v) is 3.49.